The Balaban J connectivity index is 2.44. The summed E-state index contributed by atoms with van der Waals surface area (Å²) in [4.78, 5) is 18.4. The molecule has 1 aromatic rings. The van der Waals surface area contributed by atoms with Crippen LogP contribution >= 0.6 is 0 Å². The van der Waals surface area contributed by atoms with Crippen molar-refractivity contribution < 1.29 is 9.90 Å². The first-order valence-electron chi connectivity index (χ1n) is 4.45. The Labute approximate surface area is 82.2 Å². The van der Waals surface area contributed by atoms with Crippen LogP contribution in [0.3, 0.4) is 0 Å². The molecule has 5 heteroatoms. The maximum Gasteiger partial charge on any atom is 0.320 e. The van der Waals surface area contributed by atoms with Gasteiger partial charge in [-0.05, 0) is 12.5 Å². The van der Waals surface area contributed by atoms with Crippen molar-refractivity contribution in [2.24, 2.45) is 0 Å². The highest BCUT2D eigenvalue weighted by Gasteiger charge is 2.13. The molecule has 1 rings (SSSR count). The van der Waals surface area contributed by atoms with Crippen LogP contribution in [0.1, 0.15) is 19.0 Å². The molecule has 1 atom stereocenters. The van der Waals surface area contributed by atoms with Gasteiger partial charge in [-0.3, -0.25) is 10.1 Å². The first kappa shape index (κ1) is 10.6. The number of aliphatic carboxylic acids is 1. The van der Waals surface area contributed by atoms with Crippen LogP contribution in [0.2, 0.25) is 0 Å². The quantitative estimate of drug-likeness (QED) is 0.712. The minimum Gasteiger partial charge on any atom is -0.480 e. The molecule has 0 fully saturated rings. The van der Waals surface area contributed by atoms with Crippen molar-refractivity contribution in [1.29, 1.82) is 0 Å². The highest BCUT2D eigenvalue weighted by Crippen LogP contribution is 1.95. The fourth-order valence-corrected chi connectivity index (χ4v) is 1.06. The third kappa shape index (κ3) is 3.10. The topological polar surface area (TPSA) is 75.1 Å². The van der Waals surface area contributed by atoms with Gasteiger partial charge < -0.3 is 5.11 Å². The monoisotopic (exact) mass is 195 g/mol. The maximum absolute atomic E-state index is 10.7. The molecule has 0 amide bonds. The number of aromatic nitrogens is 2. The molecule has 0 aromatic carbocycles. The van der Waals surface area contributed by atoms with Crippen LogP contribution in [0.4, 0.5) is 0 Å². The lowest BCUT2D eigenvalue weighted by atomic mass is 10.2. The molecular weight excluding hydrogens is 182 g/mol. The first-order valence-corrected chi connectivity index (χ1v) is 4.45. The van der Waals surface area contributed by atoms with E-state index >= 15 is 0 Å². The second-order valence-electron chi connectivity index (χ2n) is 2.88. The van der Waals surface area contributed by atoms with Gasteiger partial charge in [-0.2, -0.15) is 0 Å². The zero-order valence-electron chi connectivity index (χ0n) is 7.97. The van der Waals surface area contributed by atoms with E-state index < -0.39 is 12.0 Å². The first-order chi connectivity index (χ1) is 6.74. The highest BCUT2D eigenvalue weighted by atomic mass is 16.4. The van der Waals surface area contributed by atoms with Crippen molar-refractivity contribution in [2.75, 3.05) is 0 Å². The van der Waals surface area contributed by atoms with Gasteiger partial charge in [0, 0.05) is 12.7 Å². The Morgan fingerprint density at radius 2 is 2.50 bits per heavy atom. The van der Waals surface area contributed by atoms with Crippen LogP contribution in [-0.2, 0) is 11.3 Å². The molecule has 1 heterocycles. The van der Waals surface area contributed by atoms with Crippen molar-refractivity contribution in [3.8, 4) is 0 Å². The predicted molar refractivity (Wildman–Crippen MR) is 50.6 cm³/mol. The van der Waals surface area contributed by atoms with E-state index in [0.29, 0.717) is 13.0 Å². The molecule has 76 valence electrons. The Morgan fingerprint density at radius 3 is 3.00 bits per heavy atom. The van der Waals surface area contributed by atoms with Gasteiger partial charge in [0.2, 0.25) is 0 Å². The minimum absolute atomic E-state index is 0.452. The lowest BCUT2D eigenvalue weighted by Crippen LogP contribution is -2.35. The standard InChI is InChI=1S/C9H13N3O2/c1-2-8(9(13)14)11-5-7-3-4-10-6-12-7/h3-4,6,8,11H,2,5H2,1H3,(H,13,14). The van der Waals surface area contributed by atoms with E-state index in [9.17, 15) is 4.79 Å². The molecule has 1 aromatic heterocycles. The average Bonchev–Trinajstić information content (AvgIpc) is 2.20. The lowest BCUT2D eigenvalue weighted by Gasteiger charge is -2.10. The van der Waals surface area contributed by atoms with Gasteiger partial charge in [-0.15, -0.1) is 0 Å². The maximum atomic E-state index is 10.7. The number of hydrogen-bond acceptors (Lipinski definition) is 4. The van der Waals surface area contributed by atoms with E-state index in [1.165, 1.54) is 6.33 Å². The van der Waals surface area contributed by atoms with Crippen molar-refractivity contribution in [3.63, 3.8) is 0 Å². The summed E-state index contributed by atoms with van der Waals surface area (Å²) in [5.41, 5.74) is 0.791. The Kier molecular flexibility index (Phi) is 4.00. The number of carboxylic acids is 1. The van der Waals surface area contributed by atoms with Gasteiger partial charge in [0.15, 0.2) is 0 Å². The zero-order chi connectivity index (χ0) is 10.4. The summed E-state index contributed by atoms with van der Waals surface area (Å²) in [5.74, 6) is -0.832. The molecule has 0 aliphatic rings. The van der Waals surface area contributed by atoms with E-state index in [4.69, 9.17) is 5.11 Å². The molecule has 1 unspecified atom stereocenters. The van der Waals surface area contributed by atoms with Crippen molar-refractivity contribution in [3.05, 3.63) is 24.3 Å². The lowest BCUT2D eigenvalue weighted by molar-refractivity contribution is -0.139. The third-order valence-electron chi connectivity index (χ3n) is 1.88. The fraction of sp³-hybridized carbons (Fsp3) is 0.444. The summed E-state index contributed by atoms with van der Waals surface area (Å²) >= 11 is 0. The molecular formula is C9H13N3O2. The number of nitrogens with one attached hydrogen (secondary N) is 1. The van der Waals surface area contributed by atoms with Crippen molar-refractivity contribution in [2.45, 2.75) is 25.9 Å². The number of rotatable bonds is 5. The molecule has 0 aliphatic heterocycles. The highest BCUT2D eigenvalue weighted by molar-refractivity contribution is 5.73. The van der Waals surface area contributed by atoms with Gasteiger partial charge in [0.1, 0.15) is 12.4 Å². The SMILES string of the molecule is CCC(NCc1ccncn1)C(=O)O. The van der Waals surface area contributed by atoms with Gasteiger partial charge in [0.25, 0.3) is 0 Å². The number of carbonyl (C=O) groups is 1. The molecule has 0 spiro atoms. The molecule has 14 heavy (non-hydrogen) atoms. The van der Waals surface area contributed by atoms with Gasteiger partial charge in [-0.1, -0.05) is 6.92 Å². The van der Waals surface area contributed by atoms with Gasteiger partial charge in [-0.25, -0.2) is 9.97 Å². The van der Waals surface area contributed by atoms with Crippen LogP contribution in [0.25, 0.3) is 0 Å². The third-order valence-corrected chi connectivity index (χ3v) is 1.88. The Morgan fingerprint density at radius 1 is 1.71 bits per heavy atom. The summed E-state index contributed by atoms with van der Waals surface area (Å²) in [6, 6.07) is 1.24. The molecule has 0 bridgehead atoms. The van der Waals surface area contributed by atoms with E-state index in [1.807, 2.05) is 6.92 Å². The molecule has 0 radical (unpaired) electrons. The summed E-state index contributed by atoms with van der Waals surface area (Å²) in [6.07, 6.45) is 3.63. The molecule has 2 N–H and O–H groups in total. The molecule has 0 saturated heterocycles. The molecule has 0 saturated carbocycles. The van der Waals surface area contributed by atoms with E-state index in [1.54, 1.807) is 12.3 Å². The van der Waals surface area contributed by atoms with E-state index in [0.717, 1.165) is 5.69 Å². The van der Waals surface area contributed by atoms with E-state index in [2.05, 4.69) is 15.3 Å². The molecule has 5 nitrogen and oxygen atoms in total. The van der Waals surface area contributed by atoms with Crippen LogP contribution in [-0.4, -0.2) is 27.1 Å². The predicted octanol–water partition coefficient (Wildman–Crippen LogP) is 0.429. The van der Waals surface area contributed by atoms with Crippen LogP contribution in [0, 0.1) is 0 Å². The number of nitrogens with zero attached hydrogens (tertiary/aromatic N) is 2. The van der Waals surface area contributed by atoms with Gasteiger partial charge >= 0.3 is 5.97 Å². The Hall–Kier alpha value is -1.49. The largest absolute Gasteiger partial charge is 0.480 e. The summed E-state index contributed by atoms with van der Waals surface area (Å²) < 4.78 is 0. The minimum atomic E-state index is -0.832. The summed E-state index contributed by atoms with van der Waals surface area (Å²) in [7, 11) is 0. The zero-order valence-corrected chi connectivity index (χ0v) is 7.97. The van der Waals surface area contributed by atoms with E-state index in [-0.39, 0.29) is 0 Å². The second kappa shape index (κ2) is 5.29. The fourth-order valence-electron chi connectivity index (χ4n) is 1.06. The van der Waals surface area contributed by atoms with Gasteiger partial charge in [0.05, 0.1) is 5.69 Å². The van der Waals surface area contributed by atoms with Crippen LogP contribution in [0.15, 0.2) is 18.6 Å². The Bertz CT molecular complexity index is 289. The number of hydrogen-bond donors (Lipinski definition) is 2. The van der Waals surface area contributed by atoms with Crippen LogP contribution < -0.4 is 5.32 Å². The normalized spacial score (nSPS) is 12.4. The summed E-state index contributed by atoms with van der Waals surface area (Å²) in [6.45, 7) is 2.28. The smallest absolute Gasteiger partial charge is 0.320 e. The van der Waals surface area contributed by atoms with Crippen molar-refractivity contribution >= 4 is 5.97 Å². The number of carboxylic acid groups (broad SMARTS) is 1. The van der Waals surface area contributed by atoms with Crippen molar-refractivity contribution in [1.82, 2.24) is 15.3 Å². The van der Waals surface area contributed by atoms with Crippen LogP contribution in [0.5, 0.6) is 0 Å². The average molecular weight is 195 g/mol. The second-order valence-corrected chi connectivity index (χ2v) is 2.88. The summed E-state index contributed by atoms with van der Waals surface area (Å²) in [5, 5.41) is 11.7. The molecule has 0 aliphatic carbocycles.